The van der Waals surface area contributed by atoms with Gasteiger partial charge in [0.2, 0.25) is 5.88 Å². The molecule has 20 heavy (non-hydrogen) atoms. The van der Waals surface area contributed by atoms with Gasteiger partial charge < -0.3 is 10.1 Å². The predicted octanol–water partition coefficient (Wildman–Crippen LogP) is 3.47. The van der Waals surface area contributed by atoms with Gasteiger partial charge in [-0.3, -0.25) is 0 Å². The third-order valence-corrected chi connectivity index (χ3v) is 2.36. The van der Waals surface area contributed by atoms with Gasteiger partial charge in [0.25, 0.3) is 0 Å². The monoisotopic (exact) mass is 287 g/mol. The smallest absolute Gasteiger partial charge is 0.419 e. The molecular formula is C12H9F4N3O. The van der Waals surface area contributed by atoms with E-state index < -0.39 is 17.6 Å². The standard InChI is InChI=1S/C12H9F4N3O/c1-17-10-5-11(19-6-18-10)20-7-2-3-9(13)8(4-7)12(14,15)16/h2-6H,1H3,(H,17,18,19). The van der Waals surface area contributed by atoms with E-state index >= 15 is 0 Å². The second kappa shape index (κ2) is 5.32. The van der Waals surface area contributed by atoms with Gasteiger partial charge in [-0.15, -0.1) is 0 Å². The molecule has 0 saturated carbocycles. The fraction of sp³-hybridized carbons (Fsp3) is 0.167. The van der Waals surface area contributed by atoms with Crippen molar-refractivity contribution < 1.29 is 22.3 Å². The summed E-state index contributed by atoms with van der Waals surface area (Å²) in [5.74, 6) is -1.04. The van der Waals surface area contributed by atoms with Gasteiger partial charge in [0.05, 0.1) is 5.56 Å². The minimum Gasteiger partial charge on any atom is -0.439 e. The first kappa shape index (κ1) is 14.0. The molecular weight excluding hydrogens is 278 g/mol. The molecule has 0 saturated heterocycles. The van der Waals surface area contributed by atoms with E-state index in [1.807, 2.05) is 0 Å². The van der Waals surface area contributed by atoms with Crippen molar-refractivity contribution in [2.45, 2.75) is 6.18 Å². The van der Waals surface area contributed by atoms with Gasteiger partial charge in [-0.2, -0.15) is 13.2 Å². The number of aromatic nitrogens is 2. The molecule has 0 radical (unpaired) electrons. The van der Waals surface area contributed by atoms with Gasteiger partial charge in [-0.25, -0.2) is 14.4 Å². The molecule has 0 spiro atoms. The fourth-order valence-electron chi connectivity index (χ4n) is 1.44. The van der Waals surface area contributed by atoms with Crippen LogP contribution in [0, 0.1) is 5.82 Å². The lowest BCUT2D eigenvalue weighted by molar-refractivity contribution is -0.140. The van der Waals surface area contributed by atoms with Crippen LogP contribution < -0.4 is 10.1 Å². The Hall–Kier alpha value is -2.38. The number of alkyl halides is 3. The molecule has 0 aliphatic heterocycles. The van der Waals surface area contributed by atoms with Crippen LogP contribution in [-0.4, -0.2) is 17.0 Å². The third kappa shape index (κ3) is 3.14. The van der Waals surface area contributed by atoms with Gasteiger partial charge in [0.1, 0.15) is 23.7 Å². The van der Waals surface area contributed by atoms with E-state index in [4.69, 9.17) is 4.74 Å². The van der Waals surface area contributed by atoms with Crippen molar-refractivity contribution >= 4 is 5.82 Å². The summed E-state index contributed by atoms with van der Waals surface area (Å²) < 4.78 is 55.9. The fourth-order valence-corrected chi connectivity index (χ4v) is 1.44. The first-order valence-corrected chi connectivity index (χ1v) is 5.44. The summed E-state index contributed by atoms with van der Waals surface area (Å²) in [6.45, 7) is 0. The molecule has 1 aromatic heterocycles. The zero-order chi connectivity index (χ0) is 14.8. The van der Waals surface area contributed by atoms with Crippen LogP contribution in [0.15, 0.2) is 30.6 Å². The van der Waals surface area contributed by atoms with Gasteiger partial charge in [-0.1, -0.05) is 0 Å². The van der Waals surface area contributed by atoms with E-state index in [1.54, 1.807) is 7.05 Å². The van der Waals surface area contributed by atoms with Crippen LogP contribution in [0.1, 0.15) is 5.56 Å². The topological polar surface area (TPSA) is 47.0 Å². The highest BCUT2D eigenvalue weighted by molar-refractivity contribution is 5.39. The Labute approximate surface area is 111 Å². The lowest BCUT2D eigenvalue weighted by Crippen LogP contribution is -2.08. The number of nitrogens with one attached hydrogen (secondary N) is 1. The van der Waals surface area contributed by atoms with Crippen molar-refractivity contribution in [2.24, 2.45) is 0 Å². The summed E-state index contributed by atoms with van der Waals surface area (Å²) in [4.78, 5) is 7.58. The summed E-state index contributed by atoms with van der Waals surface area (Å²) in [6.07, 6.45) is -3.60. The predicted molar refractivity (Wildman–Crippen MR) is 63.1 cm³/mol. The van der Waals surface area contributed by atoms with Crippen molar-refractivity contribution in [2.75, 3.05) is 12.4 Å². The van der Waals surface area contributed by atoms with Crippen molar-refractivity contribution in [1.29, 1.82) is 0 Å². The van der Waals surface area contributed by atoms with Crippen LogP contribution in [0.2, 0.25) is 0 Å². The molecule has 8 heteroatoms. The van der Waals surface area contributed by atoms with E-state index in [0.717, 1.165) is 6.07 Å². The van der Waals surface area contributed by atoms with Crippen LogP contribution in [0.3, 0.4) is 0 Å². The maximum absolute atomic E-state index is 13.1. The minimum absolute atomic E-state index is 0.0454. The van der Waals surface area contributed by atoms with Crippen LogP contribution >= 0.6 is 0 Å². The molecule has 0 aliphatic carbocycles. The molecule has 0 aliphatic rings. The Morgan fingerprint density at radius 3 is 2.55 bits per heavy atom. The molecule has 2 aromatic rings. The summed E-state index contributed by atoms with van der Waals surface area (Å²) in [7, 11) is 1.62. The van der Waals surface area contributed by atoms with Crippen molar-refractivity contribution in [3.63, 3.8) is 0 Å². The average Bonchev–Trinajstić information content (AvgIpc) is 2.40. The summed E-state index contributed by atoms with van der Waals surface area (Å²) in [5.41, 5.74) is -1.39. The maximum Gasteiger partial charge on any atom is 0.419 e. The van der Waals surface area contributed by atoms with Crippen LogP contribution in [0.25, 0.3) is 0 Å². The Morgan fingerprint density at radius 2 is 1.90 bits per heavy atom. The highest BCUT2D eigenvalue weighted by atomic mass is 19.4. The Bertz CT molecular complexity index is 616. The molecule has 0 unspecified atom stereocenters. The molecule has 1 heterocycles. The van der Waals surface area contributed by atoms with Crippen molar-refractivity contribution in [3.8, 4) is 11.6 Å². The van der Waals surface area contributed by atoms with Gasteiger partial charge in [-0.05, 0) is 18.2 Å². The number of hydrogen-bond donors (Lipinski definition) is 1. The number of nitrogens with zero attached hydrogens (tertiary/aromatic N) is 2. The Morgan fingerprint density at radius 1 is 1.15 bits per heavy atom. The number of halogens is 4. The van der Waals surface area contributed by atoms with E-state index in [2.05, 4.69) is 15.3 Å². The third-order valence-electron chi connectivity index (χ3n) is 2.36. The molecule has 1 aromatic carbocycles. The number of hydrogen-bond acceptors (Lipinski definition) is 4. The zero-order valence-electron chi connectivity index (χ0n) is 10.2. The number of rotatable bonds is 3. The largest absolute Gasteiger partial charge is 0.439 e. The molecule has 2 rings (SSSR count). The Kier molecular flexibility index (Phi) is 3.73. The van der Waals surface area contributed by atoms with E-state index in [1.165, 1.54) is 12.4 Å². The SMILES string of the molecule is CNc1cc(Oc2ccc(F)c(C(F)(F)F)c2)ncn1. The summed E-state index contributed by atoms with van der Waals surface area (Å²) in [5, 5.41) is 2.73. The number of ether oxygens (including phenoxy) is 1. The first-order chi connectivity index (χ1) is 9.40. The maximum atomic E-state index is 13.1. The van der Waals surface area contributed by atoms with Crippen LogP contribution in [0.4, 0.5) is 23.4 Å². The minimum atomic E-state index is -4.79. The number of anilines is 1. The quantitative estimate of drug-likeness (QED) is 0.878. The lowest BCUT2D eigenvalue weighted by Gasteiger charge is -2.10. The summed E-state index contributed by atoms with van der Waals surface area (Å²) in [6, 6.07) is 3.76. The van der Waals surface area contributed by atoms with Gasteiger partial charge in [0, 0.05) is 13.1 Å². The average molecular weight is 287 g/mol. The van der Waals surface area contributed by atoms with E-state index in [9.17, 15) is 17.6 Å². The van der Waals surface area contributed by atoms with Crippen molar-refractivity contribution in [1.82, 2.24) is 9.97 Å². The lowest BCUT2D eigenvalue weighted by atomic mass is 10.2. The molecule has 0 fully saturated rings. The van der Waals surface area contributed by atoms with E-state index in [-0.39, 0.29) is 11.6 Å². The Balaban J connectivity index is 2.30. The van der Waals surface area contributed by atoms with Gasteiger partial charge >= 0.3 is 6.18 Å². The van der Waals surface area contributed by atoms with Crippen LogP contribution in [-0.2, 0) is 6.18 Å². The first-order valence-electron chi connectivity index (χ1n) is 5.44. The number of benzene rings is 1. The second-order valence-electron chi connectivity index (χ2n) is 3.73. The zero-order valence-corrected chi connectivity index (χ0v) is 10.2. The van der Waals surface area contributed by atoms with Crippen molar-refractivity contribution in [3.05, 3.63) is 42.0 Å². The highest BCUT2D eigenvalue weighted by Gasteiger charge is 2.34. The molecule has 0 atom stereocenters. The summed E-state index contributed by atoms with van der Waals surface area (Å²) >= 11 is 0. The molecule has 0 amide bonds. The van der Waals surface area contributed by atoms with E-state index in [0.29, 0.717) is 18.0 Å². The normalized spacial score (nSPS) is 11.2. The molecule has 106 valence electrons. The highest BCUT2D eigenvalue weighted by Crippen LogP contribution is 2.34. The van der Waals surface area contributed by atoms with Gasteiger partial charge in [0.15, 0.2) is 0 Å². The molecule has 4 nitrogen and oxygen atoms in total. The van der Waals surface area contributed by atoms with Crippen LogP contribution in [0.5, 0.6) is 11.6 Å². The molecule has 1 N–H and O–H groups in total. The molecule has 0 bridgehead atoms. The second-order valence-corrected chi connectivity index (χ2v) is 3.73.